The number of amides is 1. The van der Waals surface area contributed by atoms with E-state index in [1.54, 1.807) is 30.0 Å². The smallest absolute Gasteiger partial charge is 0.256 e. The van der Waals surface area contributed by atoms with E-state index < -0.39 is 0 Å². The summed E-state index contributed by atoms with van der Waals surface area (Å²) in [5.41, 5.74) is 3.32. The van der Waals surface area contributed by atoms with Gasteiger partial charge in [-0.05, 0) is 48.2 Å². The van der Waals surface area contributed by atoms with Crippen molar-refractivity contribution >= 4 is 23.5 Å². The molecule has 0 atom stereocenters. The Bertz CT molecular complexity index is 1050. The van der Waals surface area contributed by atoms with Gasteiger partial charge in [-0.1, -0.05) is 24.8 Å². The highest BCUT2D eigenvalue weighted by Gasteiger charge is 2.13. The average Bonchev–Trinajstić information content (AvgIpc) is 3.08. The van der Waals surface area contributed by atoms with Gasteiger partial charge in [-0.3, -0.25) is 9.48 Å². The fourth-order valence-corrected chi connectivity index (χ4v) is 2.85. The molecule has 3 rings (SSSR count). The minimum Gasteiger partial charge on any atom is -0.494 e. The lowest BCUT2D eigenvalue weighted by molar-refractivity contribution is 0.0965. The first-order chi connectivity index (χ1) is 13.1. The van der Waals surface area contributed by atoms with Crippen LogP contribution < -0.4 is 10.1 Å². The normalized spacial score (nSPS) is 11.3. The molecule has 0 saturated carbocycles. The molecule has 2 aromatic carbocycles. The third kappa shape index (κ3) is 3.64. The zero-order valence-corrected chi connectivity index (χ0v) is 15.3. The standard InChI is InChI=1S/C21H20N4O2.H2/c1-5-6-19(22-2)23-21(26)15-9-7-14(8-10-15)16-11-12-18(27-4)20-17(16)13-25(3)24-20;/h5-13H,1-2H2,3-4H3,(H,23,26);1H/b19-6+;. The summed E-state index contributed by atoms with van der Waals surface area (Å²) in [6, 6.07) is 11.2. The predicted molar refractivity (Wildman–Crippen MR) is 110 cm³/mol. The minimum absolute atomic E-state index is 0. The molecule has 0 radical (unpaired) electrons. The molecule has 1 aromatic heterocycles. The van der Waals surface area contributed by atoms with Crippen LogP contribution in [0, 0.1) is 0 Å². The Balaban J connectivity index is 0.00000280. The lowest BCUT2D eigenvalue weighted by Gasteiger charge is -2.08. The lowest BCUT2D eigenvalue weighted by Crippen LogP contribution is -2.21. The van der Waals surface area contributed by atoms with Crippen LogP contribution in [0.2, 0.25) is 0 Å². The van der Waals surface area contributed by atoms with E-state index in [0.29, 0.717) is 11.4 Å². The highest BCUT2D eigenvalue weighted by atomic mass is 16.5. The molecule has 6 nitrogen and oxygen atoms in total. The van der Waals surface area contributed by atoms with E-state index in [-0.39, 0.29) is 7.33 Å². The molecule has 0 aliphatic rings. The lowest BCUT2D eigenvalue weighted by atomic mass is 10.00. The first kappa shape index (κ1) is 18.1. The van der Waals surface area contributed by atoms with Gasteiger partial charge in [0.25, 0.3) is 5.91 Å². The van der Waals surface area contributed by atoms with Crippen molar-refractivity contribution in [1.82, 2.24) is 15.1 Å². The Kier molecular flexibility index (Phi) is 5.17. The Hall–Kier alpha value is -3.67. The van der Waals surface area contributed by atoms with Gasteiger partial charge in [-0.2, -0.15) is 5.10 Å². The highest BCUT2D eigenvalue weighted by molar-refractivity contribution is 5.99. The molecule has 0 aliphatic carbocycles. The fourth-order valence-electron chi connectivity index (χ4n) is 2.85. The van der Waals surface area contributed by atoms with Crippen molar-refractivity contribution in [3.05, 3.63) is 72.7 Å². The molecule has 1 heterocycles. The summed E-state index contributed by atoms with van der Waals surface area (Å²) >= 11 is 0. The number of nitrogens with zero attached hydrogens (tertiary/aromatic N) is 3. The topological polar surface area (TPSA) is 68.5 Å². The molecular formula is C21H22N4O2. The number of nitrogens with one attached hydrogen (secondary N) is 1. The number of hydrogen-bond acceptors (Lipinski definition) is 4. The zero-order chi connectivity index (χ0) is 19.4. The van der Waals surface area contributed by atoms with Crippen LogP contribution in [-0.4, -0.2) is 29.5 Å². The minimum atomic E-state index is -0.261. The number of allylic oxidation sites excluding steroid dienone is 2. The zero-order valence-electron chi connectivity index (χ0n) is 15.3. The van der Waals surface area contributed by atoms with Crippen LogP contribution in [0.4, 0.5) is 0 Å². The molecular weight excluding hydrogens is 340 g/mol. The predicted octanol–water partition coefficient (Wildman–Crippen LogP) is 3.95. The molecule has 6 heteroatoms. The number of benzene rings is 2. The first-order valence-corrected chi connectivity index (χ1v) is 8.29. The number of fused-ring (bicyclic) bond motifs is 1. The molecule has 138 valence electrons. The van der Waals surface area contributed by atoms with Crippen molar-refractivity contribution in [1.29, 1.82) is 0 Å². The van der Waals surface area contributed by atoms with E-state index in [0.717, 1.165) is 27.8 Å². The van der Waals surface area contributed by atoms with Gasteiger partial charge < -0.3 is 10.1 Å². The van der Waals surface area contributed by atoms with Crippen LogP contribution >= 0.6 is 0 Å². The summed E-state index contributed by atoms with van der Waals surface area (Å²) < 4.78 is 7.15. The van der Waals surface area contributed by atoms with E-state index in [2.05, 4.69) is 28.7 Å². The van der Waals surface area contributed by atoms with E-state index in [1.807, 2.05) is 37.5 Å². The average molecular weight is 362 g/mol. The second-order valence-electron chi connectivity index (χ2n) is 5.86. The summed E-state index contributed by atoms with van der Waals surface area (Å²) in [5.74, 6) is 0.818. The molecule has 0 saturated heterocycles. The van der Waals surface area contributed by atoms with Crippen molar-refractivity contribution in [2.45, 2.75) is 0 Å². The van der Waals surface area contributed by atoms with E-state index in [9.17, 15) is 4.79 Å². The third-order valence-electron chi connectivity index (χ3n) is 4.12. The second kappa shape index (κ2) is 7.70. The van der Waals surface area contributed by atoms with Crippen LogP contribution in [0.1, 0.15) is 11.8 Å². The molecule has 1 amide bonds. The number of ether oxygens (including phenoxy) is 1. The van der Waals surface area contributed by atoms with Crippen molar-refractivity contribution in [3.8, 4) is 16.9 Å². The van der Waals surface area contributed by atoms with Gasteiger partial charge in [0.05, 0.1) is 7.11 Å². The molecule has 0 unspecified atom stereocenters. The molecule has 0 fully saturated rings. The van der Waals surface area contributed by atoms with Crippen molar-refractivity contribution in [2.75, 3.05) is 7.11 Å². The van der Waals surface area contributed by atoms with Gasteiger partial charge >= 0.3 is 0 Å². The monoisotopic (exact) mass is 362 g/mol. The summed E-state index contributed by atoms with van der Waals surface area (Å²) in [6.45, 7) is 7.01. The van der Waals surface area contributed by atoms with Gasteiger partial charge in [0.15, 0.2) is 0 Å². The number of carbonyl (C=O) groups is 1. The van der Waals surface area contributed by atoms with E-state index in [4.69, 9.17) is 4.74 Å². The fraction of sp³-hybridized carbons (Fsp3) is 0.0952. The molecule has 0 bridgehead atoms. The SMILES string of the molecule is C=C/C=C(\N=C)NC(=O)c1ccc(-c2ccc(OC)c3nn(C)cc23)cc1.[HH]. The molecule has 1 N–H and O–H groups in total. The Labute approximate surface area is 159 Å². The Morgan fingerprint density at radius 3 is 2.67 bits per heavy atom. The summed E-state index contributed by atoms with van der Waals surface area (Å²) in [6.07, 6.45) is 5.07. The molecule has 0 spiro atoms. The maximum atomic E-state index is 12.3. The maximum Gasteiger partial charge on any atom is 0.256 e. The van der Waals surface area contributed by atoms with Crippen LogP contribution in [0.25, 0.3) is 22.0 Å². The van der Waals surface area contributed by atoms with Gasteiger partial charge in [-0.25, -0.2) is 4.99 Å². The number of carbonyl (C=O) groups excluding carboxylic acids is 1. The Morgan fingerprint density at radius 2 is 2.04 bits per heavy atom. The van der Waals surface area contributed by atoms with Crippen LogP contribution in [0.3, 0.4) is 0 Å². The third-order valence-corrected chi connectivity index (χ3v) is 4.12. The summed E-state index contributed by atoms with van der Waals surface area (Å²) in [4.78, 5) is 16.1. The van der Waals surface area contributed by atoms with E-state index >= 15 is 0 Å². The quantitative estimate of drug-likeness (QED) is 0.533. The summed E-state index contributed by atoms with van der Waals surface area (Å²) in [5, 5.41) is 8.14. The highest BCUT2D eigenvalue weighted by Crippen LogP contribution is 2.33. The molecule has 27 heavy (non-hydrogen) atoms. The van der Waals surface area contributed by atoms with E-state index in [1.165, 1.54) is 6.08 Å². The number of hydrogen-bond donors (Lipinski definition) is 1. The first-order valence-electron chi connectivity index (χ1n) is 8.29. The maximum absolute atomic E-state index is 12.3. The van der Waals surface area contributed by atoms with Crippen molar-refractivity contribution in [2.24, 2.45) is 12.0 Å². The van der Waals surface area contributed by atoms with Crippen molar-refractivity contribution in [3.63, 3.8) is 0 Å². The van der Waals surface area contributed by atoms with Gasteiger partial charge in [0, 0.05) is 25.6 Å². The van der Waals surface area contributed by atoms with Gasteiger partial charge in [-0.15, -0.1) is 0 Å². The molecule has 0 aliphatic heterocycles. The van der Waals surface area contributed by atoms with Crippen LogP contribution in [0.5, 0.6) is 5.75 Å². The summed E-state index contributed by atoms with van der Waals surface area (Å²) in [7, 11) is 3.50. The number of aryl methyl sites for hydroxylation is 1. The van der Waals surface area contributed by atoms with Gasteiger partial charge in [0.1, 0.15) is 17.1 Å². The largest absolute Gasteiger partial charge is 0.494 e. The van der Waals surface area contributed by atoms with Gasteiger partial charge in [0.2, 0.25) is 0 Å². The molecule has 3 aromatic rings. The van der Waals surface area contributed by atoms with Crippen LogP contribution in [-0.2, 0) is 7.05 Å². The number of methoxy groups -OCH3 is 1. The number of rotatable bonds is 6. The second-order valence-corrected chi connectivity index (χ2v) is 5.86. The van der Waals surface area contributed by atoms with Crippen molar-refractivity contribution < 1.29 is 11.0 Å². The number of aromatic nitrogens is 2. The number of aliphatic imine (C=N–C) groups is 1. The Morgan fingerprint density at radius 1 is 1.30 bits per heavy atom. The van der Waals surface area contributed by atoms with Crippen LogP contribution in [0.15, 0.2) is 72.1 Å².